The zero-order valence-corrected chi connectivity index (χ0v) is 7.75. The van der Waals surface area contributed by atoms with Crippen LogP contribution in [0, 0.1) is 0 Å². The van der Waals surface area contributed by atoms with Gasteiger partial charge in [0.05, 0.1) is 12.9 Å². The molecule has 0 radical (unpaired) electrons. The molecule has 2 N–H and O–H groups in total. The number of fused-ring (bicyclic) bond motifs is 1. The van der Waals surface area contributed by atoms with Gasteiger partial charge in [-0.1, -0.05) is 11.6 Å². The molecule has 0 aliphatic rings. The number of anilines is 1. The SMILES string of the molecule is O=CCNc1nc(Cl)c2[nH]cnc2n1. The van der Waals surface area contributed by atoms with Crippen molar-refractivity contribution >= 4 is 35.0 Å². The van der Waals surface area contributed by atoms with E-state index in [2.05, 4.69) is 25.3 Å². The third-order valence-corrected chi connectivity index (χ3v) is 1.86. The van der Waals surface area contributed by atoms with E-state index in [0.717, 1.165) is 0 Å². The Kier molecular flexibility index (Phi) is 2.28. The molecule has 14 heavy (non-hydrogen) atoms. The fraction of sp³-hybridized carbons (Fsp3) is 0.143. The van der Waals surface area contributed by atoms with Crippen LogP contribution in [-0.4, -0.2) is 32.8 Å². The van der Waals surface area contributed by atoms with Crippen LogP contribution in [0.2, 0.25) is 5.15 Å². The van der Waals surface area contributed by atoms with Crippen LogP contribution in [0.1, 0.15) is 0 Å². The Morgan fingerprint density at radius 3 is 3.21 bits per heavy atom. The summed E-state index contributed by atoms with van der Waals surface area (Å²) in [6.07, 6.45) is 2.20. The lowest BCUT2D eigenvalue weighted by Crippen LogP contribution is -2.06. The quantitative estimate of drug-likeness (QED) is 0.574. The largest absolute Gasteiger partial charge is 0.347 e. The summed E-state index contributed by atoms with van der Waals surface area (Å²) in [4.78, 5) is 24.8. The van der Waals surface area contributed by atoms with Gasteiger partial charge in [0.2, 0.25) is 5.95 Å². The second kappa shape index (κ2) is 3.59. The molecule has 2 aromatic rings. The van der Waals surface area contributed by atoms with Gasteiger partial charge >= 0.3 is 0 Å². The lowest BCUT2D eigenvalue weighted by Gasteiger charge is -2.00. The highest BCUT2D eigenvalue weighted by molar-refractivity contribution is 6.33. The monoisotopic (exact) mass is 211 g/mol. The van der Waals surface area contributed by atoms with Crippen LogP contribution in [0.25, 0.3) is 11.2 Å². The summed E-state index contributed by atoms with van der Waals surface area (Å²) >= 11 is 5.83. The van der Waals surface area contributed by atoms with Gasteiger partial charge in [-0.25, -0.2) is 4.98 Å². The summed E-state index contributed by atoms with van der Waals surface area (Å²) in [5, 5.41) is 2.97. The molecule has 0 aromatic carbocycles. The number of nitrogens with one attached hydrogen (secondary N) is 2. The van der Waals surface area contributed by atoms with Crippen LogP contribution >= 0.6 is 11.6 Å². The van der Waals surface area contributed by atoms with Gasteiger partial charge in [-0.15, -0.1) is 0 Å². The first-order valence-electron chi connectivity index (χ1n) is 3.85. The molecule has 0 aliphatic carbocycles. The first-order valence-corrected chi connectivity index (χ1v) is 4.23. The van der Waals surface area contributed by atoms with Crippen molar-refractivity contribution in [3.05, 3.63) is 11.5 Å². The van der Waals surface area contributed by atoms with Gasteiger partial charge in [0.25, 0.3) is 0 Å². The van der Waals surface area contributed by atoms with Gasteiger partial charge in [-0.3, -0.25) is 0 Å². The topological polar surface area (TPSA) is 83.6 Å². The molecule has 2 heterocycles. The first kappa shape index (κ1) is 8.89. The van der Waals surface area contributed by atoms with Crippen LogP contribution in [0.5, 0.6) is 0 Å². The van der Waals surface area contributed by atoms with E-state index >= 15 is 0 Å². The normalized spacial score (nSPS) is 10.4. The number of aromatic amines is 1. The van der Waals surface area contributed by atoms with Crippen LogP contribution in [0.15, 0.2) is 6.33 Å². The second-order valence-corrected chi connectivity index (χ2v) is 2.84. The standard InChI is InChI=1S/C7H6ClN5O/c8-5-4-6(11-3-10-4)13-7(12-5)9-1-2-14/h2-3H,1H2,(H2,9,10,11,12,13). The number of hydrogen-bond acceptors (Lipinski definition) is 5. The number of carbonyl (C=O) groups excluding carboxylic acids is 1. The fourth-order valence-corrected chi connectivity index (χ4v) is 1.23. The minimum absolute atomic E-state index is 0.145. The highest BCUT2D eigenvalue weighted by Gasteiger charge is 2.06. The van der Waals surface area contributed by atoms with E-state index in [1.54, 1.807) is 0 Å². The van der Waals surface area contributed by atoms with Gasteiger partial charge in [0, 0.05) is 0 Å². The van der Waals surface area contributed by atoms with Gasteiger partial charge in [-0.05, 0) is 0 Å². The molecule has 0 spiro atoms. The zero-order valence-electron chi connectivity index (χ0n) is 6.99. The summed E-state index contributed by atoms with van der Waals surface area (Å²) < 4.78 is 0. The van der Waals surface area contributed by atoms with Crippen molar-refractivity contribution in [3.8, 4) is 0 Å². The Labute approximate surface area is 83.7 Å². The summed E-state index contributed by atoms with van der Waals surface area (Å²) in [5.41, 5.74) is 1.06. The number of hydrogen-bond donors (Lipinski definition) is 2. The van der Waals surface area contributed by atoms with E-state index in [9.17, 15) is 4.79 Å². The molecule has 0 unspecified atom stereocenters. The Morgan fingerprint density at radius 2 is 2.43 bits per heavy atom. The molecule has 2 aromatic heterocycles. The molecular formula is C7H6ClN5O. The van der Waals surface area contributed by atoms with Crippen molar-refractivity contribution in [1.82, 2.24) is 19.9 Å². The van der Waals surface area contributed by atoms with Crippen LogP contribution in [0.3, 0.4) is 0 Å². The van der Waals surface area contributed by atoms with Crippen LogP contribution in [-0.2, 0) is 4.79 Å². The number of halogens is 1. The van der Waals surface area contributed by atoms with Gasteiger partial charge in [0.1, 0.15) is 11.8 Å². The van der Waals surface area contributed by atoms with Crippen molar-refractivity contribution < 1.29 is 4.79 Å². The van der Waals surface area contributed by atoms with E-state index < -0.39 is 0 Å². The summed E-state index contributed by atoms with van der Waals surface area (Å²) in [6, 6.07) is 0. The average molecular weight is 212 g/mol. The predicted molar refractivity (Wildman–Crippen MR) is 51.2 cm³/mol. The molecule has 0 aliphatic heterocycles. The number of aromatic nitrogens is 4. The maximum atomic E-state index is 10.1. The van der Waals surface area contributed by atoms with E-state index in [1.165, 1.54) is 6.33 Å². The Balaban J connectivity index is 2.42. The maximum Gasteiger partial charge on any atom is 0.226 e. The van der Waals surface area contributed by atoms with E-state index in [4.69, 9.17) is 11.6 Å². The molecular weight excluding hydrogens is 206 g/mol. The summed E-state index contributed by atoms with van der Waals surface area (Å²) in [6.45, 7) is 0.145. The number of nitrogens with zero attached hydrogens (tertiary/aromatic N) is 3. The molecule has 0 fully saturated rings. The zero-order chi connectivity index (χ0) is 9.97. The van der Waals surface area contributed by atoms with Crippen molar-refractivity contribution in [2.75, 3.05) is 11.9 Å². The van der Waals surface area contributed by atoms with Crippen LogP contribution < -0.4 is 5.32 Å². The Morgan fingerprint density at radius 1 is 1.57 bits per heavy atom. The van der Waals surface area contributed by atoms with Crippen molar-refractivity contribution in [2.45, 2.75) is 0 Å². The molecule has 0 amide bonds. The summed E-state index contributed by atoms with van der Waals surface area (Å²) in [7, 11) is 0. The predicted octanol–water partition coefficient (Wildman–Crippen LogP) is 0.617. The van der Waals surface area contributed by atoms with Crippen molar-refractivity contribution in [2.24, 2.45) is 0 Å². The number of aldehydes is 1. The highest BCUT2D eigenvalue weighted by Crippen LogP contribution is 2.17. The number of carbonyl (C=O) groups is 1. The second-order valence-electron chi connectivity index (χ2n) is 2.49. The number of rotatable bonds is 3. The molecule has 7 heteroatoms. The van der Waals surface area contributed by atoms with Crippen molar-refractivity contribution in [1.29, 1.82) is 0 Å². The lowest BCUT2D eigenvalue weighted by atomic mass is 10.5. The molecule has 6 nitrogen and oxygen atoms in total. The average Bonchev–Trinajstić information content (AvgIpc) is 2.63. The number of H-pyrrole nitrogens is 1. The molecule has 0 saturated carbocycles. The molecule has 72 valence electrons. The molecule has 0 saturated heterocycles. The minimum atomic E-state index is 0.145. The smallest absolute Gasteiger partial charge is 0.226 e. The highest BCUT2D eigenvalue weighted by atomic mass is 35.5. The fourth-order valence-electron chi connectivity index (χ4n) is 1.01. The van der Waals surface area contributed by atoms with Gasteiger partial charge < -0.3 is 15.1 Å². The Hall–Kier alpha value is -1.69. The summed E-state index contributed by atoms with van der Waals surface area (Å²) in [5.74, 6) is 0.293. The lowest BCUT2D eigenvalue weighted by molar-refractivity contribution is -0.106. The van der Waals surface area contributed by atoms with E-state index in [-0.39, 0.29) is 11.7 Å². The maximum absolute atomic E-state index is 10.1. The Bertz CT molecular complexity index is 468. The molecule has 2 rings (SSSR count). The molecule has 0 atom stereocenters. The first-order chi connectivity index (χ1) is 6.81. The molecule has 0 bridgehead atoms. The van der Waals surface area contributed by atoms with Crippen molar-refractivity contribution in [3.63, 3.8) is 0 Å². The third-order valence-electron chi connectivity index (χ3n) is 1.58. The third kappa shape index (κ3) is 1.51. The van der Waals surface area contributed by atoms with Crippen LogP contribution in [0.4, 0.5) is 5.95 Å². The van der Waals surface area contributed by atoms with Gasteiger partial charge in [0.15, 0.2) is 10.8 Å². The number of imidazole rings is 1. The van der Waals surface area contributed by atoms with Gasteiger partial charge in [-0.2, -0.15) is 9.97 Å². The minimum Gasteiger partial charge on any atom is -0.347 e. The van der Waals surface area contributed by atoms with E-state index in [1.807, 2.05) is 0 Å². The van der Waals surface area contributed by atoms with E-state index in [0.29, 0.717) is 23.4 Å².